The van der Waals surface area contributed by atoms with Gasteiger partial charge in [0.2, 0.25) is 0 Å². The highest BCUT2D eigenvalue weighted by Gasteiger charge is 2.34. The average Bonchev–Trinajstić information content (AvgIpc) is 2.66. The Morgan fingerprint density at radius 2 is 1.90 bits per heavy atom. The number of aryl methyl sites for hydroxylation is 1. The number of carbonyl (C=O) groups is 1. The van der Waals surface area contributed by atoms with E-state index in [-0.39, 0.29) is 11.2 Å². The van der Waals surface area contributed by atoms with Crippen LogP contribution >= 0.6 is 11.6 Å². The monoisotopic (exact) mass is 287 g/mol. The SMILES string of the molecule is Cc1cc2c(n1-c1ccccc1Cl)CC(C)(C)CC2=O. The maximum Gasteiger partial charge on any atom is 0.165 e. The fourth-order valence-corrected chi connectivity index (χ4v) is 3.34. The van der Waals surface area contributed by atoms with E-state index in [0.29, 0.717) is 11.4 Å². The van der Waals surface area contributed by atoms with E-state index >= 15 is 0 Å². The second kappa shape index (κ2) is 4.49. The first-order valence-corrected chi connectivity index (χ1v) is 7.26. The maximum atomic E-state index is 12.3. The highest BCUT2D eigenvalue weighted by Crippen LogP contribution is 2.38. The first-order valence-electron chi connectivity index (χ1n) is 6.88. The van der Waals surface area contributed by atoms with Crippen LogP contribution in [0.2, 0.25) is 5.02 Å². The Labute approximate surface area is 124 Å². The number of aromatic nitrogens is 1. The van der Waals surface area contributed by atoms with Crippen molar-refractivity contribution in [3.8, 4) is 5.69 Å². The Morgan fingerprint density at radius 1 is 1.20 bits per heavy atom. The summed E-state index contributed by atoms with van der Waals surface area (Å²) in [6.07, 6.45) is 1.51. The van der Waals surface area contributed by atoms with Gasteiger partial charge in [-0.3, -0.25) is 4.79 Å². The second-order valence-electron chi connectivity index (χ2n) is 6.37. The van der Waals surface area contributed by atoms with Crippen LogP contribution in [0, 0.1) is 12.3 Å². The molecule has 0 saturated heterocycles. The smallest absolute Gasteiger partial charge is 0.165 e. The van der Waals surface area contributed by atoms with E-state index in [0.717, 1.165) is 29.1 Å². The molecule has 0 unspecified atom stereocenters. The number of halogens is 1. The van der Waals surface area contributed by atoms with Gasteiger partial charge in [-0.25, -0.2) is 0 Å². The number of hydrogen-bond acceptors (Lipinski definition) is 1. The van der Waals surface area contributed by atoms with Crippen LogP contribution in [0.1, 0.15) is 42.0 Å². The molecule has 1 aromatic heterocycles. The summed E-state index contributed by atoms with van der Waals surface area (Å²) < 4.78 is 2.14. The molecule has 0 fully saturated rings. The number of benzene rings is 1. The molecule has 0 bridgehead atoms. The van der Waals surface area contributed by atoms with Crippen LogP contribution in [0.4, 0.5) is 0 Å². The van der Waals surface area contributed by atoms with E-state index in [4.69, 9.17) is 11.6 Å². The third kappa shape index (κ3) is 2.08. The molecular formula is C17H18ClNO. The molecule has 3 rings (SSSR count). The van der Waals surface area contributed by atoms with Crippen molar-refractivity contribution in [3.63, 3.8) is 0 Å². The normalized spacial score (nSPS) is 17.1. The molecule has 0 saturated carbocycles. The minimum Gasteiger partial charge on any atom is -0.316 e. The Morgan fingerprint density at radius 3 is 2.60 bits per heavy atom. The van der Waals surface area contributed by atoms with Gasteiger partial charge in [0.1, 0.15) is 0 Å². The van der Waals surface area contributed by atoms with Gasteiger partial charge in [0.25, 0.3) is 0 Å². The molecule has 1 heterocycles. The Bertz CT molecular complexity index is 697. The maximum absolute atomic E-state index is 12.3. The second-order valence-corrected chi connectivity index (χ2v) is 6.78. The predicted octanol–water partition coefficient (Wildman–Crippen LogP) is 4.59. The Kier molecular flexibility index (Phi) is 3.02. The summed E-state index contributed by atoms with van der Waals surface area (Å²) >= 11 is 6.33. The van der Waals surface area contributed by atoms with Gasteiger partial charge in [0.15, 0.2) is 5.78 Å². The van der Waals surface area contributed by atoms with Crippen LogP contribution in [0.5, 0.6) is 0 Å². The van der Waals surface area contributed by atoms with Crippen LogP contribution in [0.3, 0.4) is 0 Å². The standard InChI is InChI=1S/C17H18ClNO/c1-11-8-12-15(9-17(2,3)10-16(12)20)19(11)14-7-5-4-6-13(14)18/h4-8H,9-10H2,1-3H3. The van der Waals surface area contributed by atoms with Crippen LogP contribution < -0.4 is 0 Å². The van der Waals surface area contributed by atoms with E-state index in [2.05, 4.69) is 18.4 Å². The summed E-state index contributed by atoms with van der Waals surface area (Å²) in [5.41, 5.74) is 3.99. The van der Waals surface area contributed by atoms with Crippen molar-refractivity contribution in [2.75, 3.05) is 0 Å². The number of fused-ring (bicyclic) bond motifs is 1. The van der Waals surface area contributed by atoms with Gasteiger partial charge < -0.3 is 4.57 Å². The fourth-order valence-electron chi connectivity index (χ4n) is 3.12. The molecule has 2 nitrogen and oxygen atoms in total. The molecule has 3 heteroatoms. The molecular weight excluding hydrogens is 270 g/mol. The van der Waals surface area contributed by atoms with Crippen LogP contribution in [0.25, 0.3) is 5.69 Å². The summed E-state index contributed by atoms with van der Waals surface area (Å²) in [6.45, 7) is 6.32. The molecule has 2 aromatic rings. The van der Waals surface area contributed by atoms with Crippen molar-refractivity contribution in [1.82, 2.24) is 4.57 Å². The lowest BCUT2D eigenvalue weighted by atomic mass is 9.76. The molecule has 0 radical (unpaired) electrons. The fraction of sp³-hybridized carbons (Fsp3) is 0.353. The third-order valence-electron chi connectivity index (χ3n) is 3.97. The van der Waals surface area contributed by atoms with Gasteiger partial charge in [-0.1, -0.05) is 37.6 Å². The molecule has 0 aliphatic heterocycles. The van der Waals surface area contributed by atoms with Crippen LogP contribution in [-0.4, -0.2) is 10.4 Å². The lowest BCUT2D eigenvalue weighted by Crippen LogP contribution is -2.27. The van der Waals surface area contributed by atoms with Crippen LogP contribution in [0.15, 0.2) is 30.3 Å². The van der Waals surface area contributed by atoms with Crippen molar-refractivity contribution >= 4 is 17.4 Å². The summed E-state index contributed by atoms with van der Waals surface area (Å²) in [5, 5.41) is 0.713. The zero-order valence-corrected chi connectivity index (χ0v) is 12.8. The van der Waals surface area contributed by atoms with Gasteiger partial charge in [-0.05, 0) is 37.0 Å². The Hall–Kier alpha value is -1.54. The minimum atomic E-state index is 0.00782. The zero-order valence-electron chi connectivity index (χ0n) is 12.0. The van der Waals surface area contributed by atoms with E-state index in [1.807, 2.05) is 37.3 Å². The molecule has 1 aliphatic rings. The third-order valence-corrected chi connectivity index (χ3v) is 4.29. The Balaban J connectivity index is 2.24. The zero-order chi connectivity index (χ0) is 14.5. The summed E-state index contributed by atoms with van der Waals surface area (Å²) in [5.74, 6) is 0.241. The van der Waals surface area contributed by atoms with Gasteiger partial charge in [0, 0.05) is 23.4 Å². The summed E-state index contributed by atoms with van der Waals surface area (Å²) in [6, 6.07) is 9.78. The largest absolute Gasteiger partial charge is 0.316 e. The number of para-hydroxylation sites is 1. The summed E-state index contributed by atoms with van der Waals surface area (Å²) in [4.78, 5) is 12.3. The molecule has 1 aliphatic carbocycles. The molecule has 0 amide bonds. The lowest BCUT2D eigenvalue weighted by molar-refractivity contribution is 0.0911. The van der Waals surface area contributed by atoms with E-state index in [1.54, 1.807) is 0 Å². The highest BCUT2D eigenvalue weighted by molar-refractivity contribution is 6.32. The molecule has 0 N–H and O–H groups in total. The van der Waals surface area contributed by atoms with E-state index in [1.165, 1.54) is 0 Å². The molecule has 1 aromatic carbocycles. The summed E-state index contributed by atoms with van der Waals surface area (Å²) in [7, 11) is 0. The molecule has 0 spiro atoms. The van der Waals surface area contributed by atoms with Crippen molar-refractivity contribution in [1.29, 1.82) is 0 Å². The lowest BCUT2D eigenvalue weighted by Gasteiger charge is -2.30. The minimum absolute atomic E-state index is 0.00782. The van der Waals surface area contributed by atoms with Gasteiger partial charge >= 0.3 is 0 Å². The van der Waals surface area contributed by atoms with Crippen molar-refractivity contribution in [2.24, 2.45) is 5.41 Å². The first-order chi connectivity index (χ1) is 9.39. The molecule has 0 atom stereocenters. The van der Waals surface area contributed by atoms with E-state index in [9.17, 15) is 4.79 Å². The van der Waals surface area contributed by atoms with Crippen LogP contribution in [-0.2, 0) is 6.42 Å². The number of hydrogen-bond donors (Lipinski definition) is 0. The predicted molar refractivity (Wildman–Crippen MR) is 81.9 cm³/mol. The topological polar surface area (TPSA) is 22.0 Å². The highest BCUT2D eigenvalue weighted by atomic mass is 35.5. The van der Waals surface area contributed by atoms with Gasteiger partial charge in [-0.15, -0.1) is 0 Å². The average molecular weight is 288 g/mol. The quantitative estimate of drug-likeness (QED) is 0.751. The van der Waals surface area contributed by atoms with Gasteiger partial charge in [-0.2, -0.15) is 0 Å². The number of carbonyl (C=O) groups excluding carboxylic acids is 1. The van der Waals surface area contributed by atoms with E-state index < -0.39 is 0 Å². The first kappa shape index (κ1) is 13.4. The molecule has 20 heavy (non-hydrogen) atoms. The number of Topliss-reactive ketones (excluding diaryl/α,β-unsaturated/α-hetero) is 1. The molecule has 104 valence electrons. The number of nitrogens with zero attached hydrogens (tertiary/aromatic N) is 1. The van der Waals surface area contributed by atoms with Crippen molar-refractivity contribution in [3.05, 3.63) is 52.3 Å². The number of rotatable bonds is 1. The van der Waals surface area contributed by atoms with Gasteiger partial charge in [0.05, 0.1) is 10.7 Å². The van der Waals surface area contributed by atoms with Crippen molar-refractivity contribution < 1.29 is 4.79 Å². The number of ketones is 1. The van der Waals surface area contributed by atoms with Crippen molar-refractivity contribution in [2.45, 2.75) is 33.6 Å².